The van der Waals surface area contributed by atoms with E-state index >= 15 is 0 Å². The van der Waals surface area contributed by atoms with E-state index in [0.29, 0.717) is 5.82 Å². The minimum Gasteiger partial charge on any atom is -0.310 e. The largest absolute Gasteiger partial charge is 0.310 e. The summed E-state index contributed by atoms with van der Waals surface area (Å²) in [5, 5.41) is 4.45. The summed E-state index contributed by atoms with van der Waals surface area (Å²) in [6.07, 6.45) is 2.64. The van der Waals surface area contributed by atoms with Gasteiger partial charge in [0.05, 0.1) is 12.8 Å². The lowest BCUT2D eigenvalue weighted by atomic mass is 10.2. The number of nitrogens with zero attached hydrogens (tertiary/aromatic N) is 1. The third kappa shape index (κ3) is 4.01. The molecule has 0 aliphatic carbocycles. The van der Waals surface area contributed by atoms with Crippen molar-refractivity contribution in [2.75, 3.05) is 18.1 Å². The molecule has 0 aliphatic heterocycles. The Labute approximate surface area is 110 Å². The predicted molar refractivity (Wildman–Crippen MR) is 73.2 cm³/mol. The number of aromatic nitrogens is 1. The molecule has 19 heavy (non-hydrogen) atoms. The van der Waals surface area contributed by atoms with E-state index in [1.807, 2.05) is 24.3 Å². The first-order chi connectivity index (χ1) is 8.94. The first-order valence-corrected chi connectivity index (χ1v) is 7.42. The minimum atomic E-state index is -3.38. The fourth-order valence-corrected chi connectivity index (χ4v) is 1.93. The maximum atomic E-state index is 11.5. The molecule has 0 unspecified atom stereocenters. The number of hydrogen-bond acceptors (Lipinski definition) is 4. The zero-order chi connectivity index (χ0) is 13.9. The molecule has 2 rings (SSSR count). The zero-order valence-electron chi connectivity index (χ0n) is 10.3. The van der Waals surface area contributed by atoms with E-state index < -0.39 is 15.9 Å². The van der Waals surface area contributed by atoms with Crippen LogP contribution in [0.3, 0.4) is 0 Å². The molecule has 1 heterocycles. The number of sulfonamides is 1. The number of nitrogens with one attached hydrogen (secondary N) is 2. The van der Waals surface area contributed by atoms with Crippen molar-refractivity contribution in [1.82, 2.24) is 9.71 Å². The van der Waals surface area contributed by atoms with Crippen LogP contribution in [-0.4, -0.2) is 32.1 Å². The van der Waals surface area contributed by atoms with Crippen LogP contribution in [0.25, 0.3) is 10.8 Å². The average Bonchev–Trinajstić information content (AvgIpc) is 2.35. The summed E-state index contributed by atoms with van der Waals surface area (Å²) >= 11 is 0. The molecule has 6 nitrogen and oxygen atoms in total. The highest BCUT2D eigenvalue weighted by Gasteiger charge is 2.07. The highest BCUT2D eigenvalue weighted by Crippen LogP contribution is 2.15. The van der Waals surface area contributed by atoms with Crippen LogP contribution in [0, 0.1) is 0 Å². The Morgan fingerprint density at radius 1 is 1.26 bits per heavy atom. The molecule has 0 saturated carbocycles. The number of pyridine rings is 1. The van der Waals surface area contributed by atoms with E-state index in [9.17, 15) is 13.2 Å². The van der Waals surface area contributed by atoms with Gasteiger partial charge in [0, 0.05) is 11.6 Å². The summed E-state index contributed by atoms with van der Waals surface area (Å²) in [6.45, 7) is -0.312. The van der Waals surface area contributed by atoms with Crippen molar-refractivity contribution in [2.24, 2.45) is 0 Å². The highest BCUT2D eigenvalue weighted by molar-refractivity contribution is 7.88. The molecule has 0 saturated heterocycles. The summed E-state index contributed by atoms with van der Waals surface area (Å²) in [5.41, 5.74) is 0. The second kappa shape index (κ2) is 5.33. The van der Waals surface area contributed by atoms with Crippen molar-refractivity contribution >= 4 is 32.5 Å². The minimum absolute atomic E-state index is 0.312. The standard InChI is InChI=1S/C12H13N3O3S/c1-19(17,18)14-8-12(16)15-11-6-9-4-2-3-5-10(9)7-13-11/h2-7,14H,8H2,1H3,(H,13,15,16). The van der Waals surface area contributed by atoms with Crippen LogP contribution in [0.2, 0.25) is 0 Å². The fourth-order valence-electron chi connectivity index (χ4n) is 1.54. The highest BCUT2D eigenvalue weighted by atomic mass is 32.2. The molecule has 1 aromatic carbocycles. The molecule has 0 spiro atoms. The zero-order valence-corrected chi connectivity index (χ0v) is 11.1. The fraction of sp³-hybridized carbons (Fsp3) is 0.167. The molecular weight excluding hydrogens is 266 g/mol. The molecule has 0 fully saturated rings. The summed E-state index contributed by atoms with van der Waals surface area (Å²) < 4.78 is 23.8. The number of carbonyl (C=O) groups is 1. The lowest BCUT2D eigenvalue weighted by Crippen LogP contribution is -2.32. The Balaban J connectivity index is 2.07. The van der Waals surface area contributed by atoms with Crippen molar-refractivity contribution in [1.29, 1.82) is 0 Å². The Hall–Kier alpha value is -1.99. The topological polar surface area (TPSA) is 88.2 Å². The maximum absolute atomic E-state index is 11.5. The number of rotatable bonds is 4. The van der Waals surface area contributed by atoms with Gasteiger partial charge in [-0.2, -0.15) is 0 Å². The van der Waals surface area contributed by atoms with E-state index in [2.05, 4.69) is 15.0 Å². The number of anilines is 1. The van der Waals surface area contributed by atoms with Gasteiger partial charge in [-0.05, 0) is 11.5 Å². The Morgan fingerprint density at radius 3 is 2.63 bits per heavy atom. The van der Waals surface area contributed by atoms with Crippen molar-refractivity contribution in [3.05, 3.63) is 36.5 Å². The number of hydrogen-bond donors (Lipinski definition) is 2. The molecule has 0 bridgehead atoms. The van der Waals surface area contributed by atoms with Gasteiger partial charge in [-0.15, -0.1) is 0 Å². The van der Waals surface area contributed by atoms with Crippen LogP contribution < -0.4 is 10.0 Å². The van der Waals surface area contributed by atoms with Crippen molar-refractivity contribution in [3.63, 3.8) is 0 Å². The molecule has 100 valence electrons. The van der Waals surface area contributed by atoms with Gasteiger partial charge in [-0.25, -0.2) is 18.1 Å². The molecule has 2 aromatic rings. The molecule has 0 aliphatic rings. The van der Waals surface area contributed by atoms with E-state index in [-0.39, 0.29) is 6.54 Å². The summed E-state index contributed by atoms with van der Waals surface area (Å²) in [7, 11) is -3.38. The van der Waals surface area contributed by atoms with Crippen molar-refractivity contribution in [3.8, 4) is 0 Å². The molecule has 1 aromatic heterocycles. The van der Waals surface area contributed by atoms with Gasteiger partial charge >= 0.3 is 0 Å². The summed E-state index contributed by atoms with van der Waals surface area (Å²) in [6, 6.07) is 9.34. The Morgan fingerprint density at radius 2 is 1.95 bits per heavy atom. The predicted octanol–water partition coefficient (Wildman–Crippen LogP) is 0.722. The second-order valence-corrected chi connectivity index (χ2v) is 5.89. The van der Waals surface area contributed by atoms with Crippen molar-refractivity contribution in [2.45, 2.75) is 0 Å². The first-order valence-electron chi connectivity index (χ1n) is 5.53. The van der Waals surface area contributed by atoms with Gasteiger partial charge in [0.15, 0.2) is 0 Å². The third-order valence-corrected chi connectivity index (χ3v) is 3.06. The number of benzene rings is 1. The monoisotopic (exact) mass is 279 g/mol. The van der Waals surface area contributed by atoms with Gasteiger partial charge in [-0.3, -0.25) is 4.79 Å². The quantitative estimate of drug-likeness (QED) is 0.863. The maximum Gasteiger partial charge on any atom is 0.240 e. The van der Waals surface area contributed by atoms with Crippen LogP contribution in [0.4, 0.5) is 5.82 Å². The van der Waals surface area contributed by atoms with Gasteiger partial charge in [0.2, 0.25) is 15.9 Å². The number of carbonyl (C=O) groups excluding carboxylic acids is 1. The van der Waals surface area contributed by atoms with Gasteiger partial charge < -0.3 is 5.32 Å². The smallest absolute Gasteiger partial charge is 0.240 e. The van der Waals surface area contributed by atoms with E-state index in [0.717, 1.165) is 17.0 Å². The van der Waals surface area contributed by atoms with Crippen LogP contribution in [-0.2, 0) is 14.8 Å². The van der Waals surface area contributed by atoms with E-state index in [1.54, 1.807) is 12.3 Å². The second-order valence-electron chi connectivity index (χ2n) is 4.06. The van der Waals surface area contributed by atoms with Gasteiger partial charge in [0.1, 0.15) is 5.82 Å². The Bertz CT molecular complexity index is 713. The lowest BCUT2D eigenvalue weighted by molar-refractivity contribution is -0.115. The van der Waals surface area contributed by atoms with Crippen molar-refractivity contribution < 1.29 is 13.2 Å². The number of fused-ring (bicyclic) bond motifs is 1. The van der Waals surface area contributed by atoms with Crippen LogP contribution in [0.5, 0.6) is 0 Å². The molecule has 0 atom stereocenters. The Kier molecular flexibility index (Phi) is 3.77. The van der Waals surface area contributed by atoms with Crippen LogP contribution in [0.1, 0.15) is 0 Å². The van der Waals surface area contributed by atoms with E-state index in [4.69, 9.17) is 0 Å². The summed E-state index contributed by atoms with van der Waals surface area (Å²) in [4.78, 5) is 15.6. The molecule has 7 heteroatoms. The number of amides is 1. The van der Waals surface area contributed by atoms with Crippen LogP contribution in [0.15, 0.2) is 36.5 Å². The van der Waals surface area contributed by atoms with Gasteiger partial charge in [-0.1, -0.05) is 24.3 Å². The third-order valence-electron chi connectivity index (χ3n) is 2.39. The first kappa shape index (κ1) is 13.4. The summed E-state index contributed by atoms with van der Waals surface area (Å²) in [5.74, 6) is -0.0767. The molecular formula is C12H13N3O3S. The van der Waals surface area contributed by atoms with Crippen LogP contribution >= 0.6 is 0 Å². The average molecular weight is 279 g/mol. The molecule has 2 N–H and O–H groups in total. The van der Waals surface area contributed by atoms with Gasteiger partial charge in [0.25, 0.3) is 0 Å². The molecule has 1 amide bonds. The normalized spacial score (nSPS) is 11.4. The SMILES string of the molecule is CS(=O)(=O)NCC(=O)Nc1cc2ccccc2cn1. The lowest BCUT2D eigenvalue weighted by Gasteiger charge is -2.06. The van der Waals surface area contributed by atoms with E-state index in [1.165, 1.54) is 0 Å². The molecule has 0 radical (unpaired) electrons.